The van der Waals surface area contributed by atoms with Crippen molar-refractivity contribution in [2.45, 2.75) is 6.54 Å². The van der Waals surface area contributed by atoms with E-state index in [0.717, 1.165) is 22.4 Å². The predicted octanol–water partition coefficient (Wildman–Crippen LogP) is 2.51. The summed E-state index contributed by atoms with van der Waals surface area (Å²) in [7, 11) is 0. The Morgan fingerprint density at radius 2 is 2.00 bits per heavy atom. The van der Waals surface area contributed by atoms with Crippen LogP contribution in [-0.2, 0) is 11.3 Å². The molecule has 0 atom stereocenters. The SMILES string of the molecule is O=C(C=Cc1cccc(Cn2cc(-c3ccccc3)nn2)c1)NO. The van der Waals surface area contributed by atoms with E-state index in [-0.39, 0.29) is 0 Å². The number of nitrogens with one attached hydrogen (secondary N) is 1. The molecule has 0 aliphatic heterocycles. The number of nitrogens with zero attached hydrogens (tertiary/aromatic N) is 3. The van der Waals surface area contributed by atoms with Crippen LogP contribution < -0.4 is 5.48 Å². The van der Waals surface area contributed by atoms with Gasteiger partial charge >= 0.3 is 0 Å². The second-order valence-corrected chi connectivity index (χ2v) is 5.22. The first-order valence-corrected chi connectivity index (χ1v) is 7.41. The lowest BCUT2D eigenvalue weighted by Gasteiger charge is -2.02. The van der Waals surface area contributed by atoms with Crippen LogP contribution in [-0.4, -0.2) is 26.1 Å². The van der Waals surface area contributed by atoms with Gasteiger partial charge in [-0.3, -0.25) is 10.0 Å². The molecule has 1 heterocycles. The van der Waals surface area contributed by atoms with E-state index in [2.05, 4.69) is 10.3 Å². The topological polar surface area (TPSA) is 80.0 Å². The first-order valence-electron chi connectivity index (χ1n) is 7.41. The highest BCUT2D eigenvalue weighted by molar-refractivity contribution is 5.90. The summed E-state index contributed by atoms with van der Waals surface area (Å²) < 4.78 is 1.77. The highest BCUT2D eigenvalue weighted by atomic mass is 16.5. The number of rotatable bonds is 5. The third kappa shape index (κ3) is 3.93. The summed E-state index contributed by atoms with van der Waals surface area (Å²) in [5.74, 6) is -0.566. The summed E-state index contributed by atoms with van der Waals surface area (Å²) >= 11 is 0. The first kappa shape index (κ1) is 15.6. The lowest BCUT2D eigenvalue weighted by Crippen LogP contribution is -2.14. The van der Waals surface area contributed by atoms with Crippen molar-refractivity contribution in [3.8, 4) is 11.3 Å². The molecule has 0 fully saturated rings. The number of hydrogen-bond donors (Lipinski definition) is 2. The molecule has 0 aliphatic rings. The van der Waals surface area contributed by atoms with E-state index in [1.165, 1.54) is 6.08 Å². The van der Waals surface area contributed by atoms with Crippen LogP contribution in [0.5, 0.6) is 0 Å². The standard InChI is InChI=1S/C18H16N4O2/c23-18(20-24)10-9-14-5-4-6-15(11-14)12-22-13-17(19-21-22)16-7-2-1-3-8-16/h1-11,13,24H,12H2,(H,20,23). The Kier molecular flexibility index (Phi) is 4.78. The van der Waals surface area contributed by atoms with Gasteiger partial charge in [0, 0.05) is 11.6 Å². The molecule has 0 unspecified atom stereocenters. The zero-order valence-electron chi connectivity index (χ0n) is 12.8. The van der Waals surface area contributed by atoms with Gasteiger partial charge in [0.1, 0.15) is 5.69 Å². The van der Waals surface area contributed by atoms with Crippen molar-refractivity contribution in [2.24, 2.45) is 0 Å². The summed E-state index contributed by atoms with van der Waals surface area (Å²) in [5, 5.41) is 16.8. The zero-order valence-corrected chi connectivity index (χ0v) is 12.8. The van der Waals surface area contributed by atoms with Crippen molar-refractivity contribution in [1.82, 2.24) is 20.5 Å². The maximum atomic E-state index is 11.0. The molecule has 1 aromatic heterocycles. The summed E-state index contributed by atoms with van der Waals surface area (Å²) in [6, 6.07) is 17.6. The van der Waals surface area contributed by atoms with E-state index in [4.69, 9.17) is 5.21 Å². The smallest absolute Gasteiger partial charge is 0.267 e. The number of hydrogen-bond acceptors (Lipinski definition) is 4. The van der Waals surface area contributed by atoms with Crippen LogP contribution in [0.1, 0.15) is 11.1 Å². The minimum Gasteiger partial charge on any atom is -0.288 e. The van der Waals surface area contributed by atoms with E-state index in [0.29, 0.717) is 6.54 Å². The Morgan fingerprint density at radius 3 is 2.79 bits per heavy atom. The number of carbonyl (C=O) groups is 1. The van der Waals surface area contributed by atoms with Gasteiger partial charge in [0.05, 0.1) is 12.7 Å². The Balaban J connectivity index is 1.74. The van der Waals surface area contributed by atoms with Gasteiger partial charge in [-0.2, -0.15) is 0 Å². The van der Waals surface area contributed by atoms with Crippen LogP contribution in [0.15, 0.2) is 66.9 Å². The van der Waals surface area contributed by atoms with Crippen molar-refractivity contribution in [1.29, 1.82) is 0 Å². The summed E-state index contributed by atoms with van der Waals surface area (Å²) in [5.41, 5.74) is 5.30. The molecule has 24 heavy (non-hydrogen) atoms. The molecule has 2 aromatic carbocycles. The third-order valence-electron chi connectivity index (χ3n) is 3.44. The molecule has 2 N–H and O–H groups in total. The van der Waals surface area contributed by atoms with Crippen molar-refractivity contribution < 1.29 is 10.0 Å². The fraction of sp³-hybridized carbons (Fsp3) is 0.0556. The molecule has 3 aromatic rings. The second kappa shape index (κ2) is 7.34. The van der Waals surface area contributed by atoms with E-state index >= 15 is 0 Å². The fourth-order valence-corrected chi connectivity index (χ4v) is 2.31. The van der Waals surface area contributed by atoms with Crippen LogP contribution in [0.2, 0.25) is 0 Å². The van der Waals surface area contributed by atoms with Crippen LogP contribution in [0, 0.1) is 0 Å². The van der Waals surface area contributed by atoms with Gasteiger partial charge in [-0.15, -0.1) is 5.10 Å². The van der Waals surface area contributed by atoms with Crippen LogP contribution in [0.4, 0.5) is 0 Å². The maximum absolute atomic E-state index is 11.0. The summed E-state index contributed by atoms with van der Waals surface area (Å²) in [4.78, 5) is 11.0. The highest BCUT2D eigenvalue weighted by Gasteiger charge is 2.04. The van der Waals surface area contributed by atoms with E-state index in [1.807, 2.05) is 60.8 Å². The Morgan fingerprint density at radius 1 is 1.17 bits per heavy atom. The number of hydroxylamine groups is 1. The van der Waals surface area contributed by atoms with E-state index in [9.17, 15) is 4.79 Å². The number of carbonyl (C=O) groups excluding carboxylic acids is 1. The molecule has 0 aliphatic carbocycles. The first-order chi connectivity index (χ1) is 11.7. The molecule has 0 saturated carbocycles. The van der Waals surface area contributed by atoms with Crippen molar-refractivity contribution in [3.05, 3.63) is 78.0 Å². The van der Waals surface area contributed by atoms with Gasteiger partial charge in [0.25, 0.3) is 5.91 Å². The lowest BCUT2D eigenvalue weighted by atomic mass is 10.1. The molecule has 120 valence electrons. The molecule has 6 heteroatoms. The van der Waals surface area contributed by atoms with Crippen LogP contribution in [0.3, 0.4) is 0 Å². The maximum Gasteiger partial charge on any atom is 0.267 e. The molecule has 3 rings (SSSR count). The molecule has 6 nitrogen and oxygen atoms in total. The summed E-state index contributed by atoms with van der Waals surface area (Å²) in [6.07, 6.45) is 4.80. The normalized spacial score (nSPS) is 10.9. The molecule has 0 radical (unpaired) electrons. The second-order valence-electron chi connectivity index (χ2n) is 5.22. The van der Waals surface area contributed by atoms with Gasteiger partial charge in [-0.05, 0) is 23.3 Å². The fourth-order valence-electron chi connectivity index (χ4n) is 2.31. The average Bonchev–Trinajstić information content (AvgIpc) is 3.09. The largest absolute Gasteiger partial charge is 0.288 e. The van der Waals surface area contributed by atoms with Crippen molar-refractivity contribution >= 4 is 12.0 Å². The number of benzene rings is 2. The van der Waals surface area contributed by atoms with Gasteiger partial charge < -0.3 is 0 Å². The Bertz CT molecular complexity index is 856. The van der Waals surface area contributed by atoms with Crippen molar-refractivity contribution in [2.75, 3.05) is 0 Å². The number of amides is 1. The van der Waals surface area contributed by atoms with Crippen LogP contribution >= 0.6 is 0 Å². The van der Waals surface area contributed by atoms with Gasteiger partial charge in [0.2, 0.25) is 0 Å². The van der Waals surface area contributed by atoms with Gasteiger partial charge in [-0.25, -0.2) is 10.2 Å². The molecule has 0 spiro atoms. The predicted molar refractivity (Wildman–Crippen MR) is 90.0 cm³/mol. The molecule has 0 bridgehead atoms. The van der Waals surface area contributed by atoms with Gasteiger partial charge in [-0.1, -0.05) is 53.7 Å². The average molecular weight is 320 g/mol. The quantitative estimate of drug-likeness (QED) is 0.430. The van der Waals surface area contributed by atoms with Gasteiger partial charge in [0.15, 0.2) is 0 Å². The summed E-state index contributed by atoms with van der Waals surface area (Å²) in [6.45, 7) is 0.577. The minimum absolute atomic E-state index is 0.566. The van der Waals surface area contributed by atoms with E-state index < -0.39 is 5.91 Å². The molecule has 0 saturated heterocycles. The lowest BCUT2D eigenvalue weighted by molar-refractivity contribution is -0.124. The monoisotopic (exact) mass is 320 g/mol. The number of aromatic nitrogens is 3. The van der Waals surface area contributed by atoms with Crippen molar-refractivity contribution in [3.63, 3.8) is 0 Å². The molecule has 1 amide bonds. The molecular weight excluding hydrogens is 304 g/mol. The minimum atomic E-state index is -0.566. The Hall–Kier alpha value is -3.25. The Labute approximate surface area is 139 Å². The van der Waals surface area contributed by atoms with Crippen LogP contribution in [0.25, 0.3) is 17.3 Å². The molecular formula is C18H16N4O2. The zero-order chi connectivity index (χ0) is 16.8. The van der Waals surface area contributed by atoms with E-state index in [1.54, 1.807) is 16.2 Å². The highest BCUT2D eigenvalue weighted by Crippen LogP contribution is 2.16. The third-order valence-corrected chi connectivity index (χ3v) is 3.44.